The van der Waals surface area contributed by atoms with Gasteiger partial charge in [-0.1, -0.05) is 26.2 Å². The van der Waals surface area contributed by atoms with E-state index in [1.807, 2.05) is 0 Å². The molecular weight excluding hydrogens is 152 g/mol. The van der Waals surface area contributed by atoms with E-state index in [0.29, 0.717) is 6.42 Å². The molecular formula is C10H18O2. The number of rotatable bonds is 1. The molecule has 2 unspecified atom stereocenters. The van der Waals surface area contributed by atoms with Crippen molar-refractivity contribution in [2.24, 2.45) is 11.8 Å². The van der Waals surface area contributed by atoms with E-state index in [4.69, 9.17) is 0 Å². The molecule has 0 aromatic heterocycles. The van der Waals surface area contributed by atoms with Gasteiger partial charge in [-0.15, -0.1) is 0 Å². The number of methoxy groups -OCH3 is 1. The molecule has 2 aliphatic rings. The second-order valence-electron chi connectivity index (χ2n) is 3.62. The van der Waals surface area contributed by atoms with Gasteiger partial charge in [-0.05, 0) is 18.3 Å². The maximum Gasteiger partial charge on any atom is 0.305 e. The maximum atomic E-state index is 9.96. The summed E-state index contributed by atoms with van der Waals surface area (Å²) in [7, 11) is 1.38. The number of hydrogen-bond donors (Lipinski definition) is 0. The molecule has 2 atom stereocenters. The van der Waals surface area contributed by atoms with Crippen LogP contribution in [0.25, 0.3) is 0 Å². The van der Waals surface area contributed by atoms with Crippen LogP contribution in [-0.2, 0) is 9.53 Å². The minimum absolute atomic E-state index is 0.157. The second-order valence-corrected chi connectivity index (χ2v) is 3.62. The first-order valence-corrected chi connectivity index (χ1v) is 4.84. The minimum atomic E-state index is -0.157. The Balaban J connectivity index is 0.000000120. The zero-order valence-electron chi connectivity index (χ0n) is 8.01. The molecule has 0 saturated heterocycles. The molecule has 2 saturated carbocycles. The van der Waals surface area contributed by atoms with E-state index < -0.39 is 0 Å². The van der Waals surface area contributed by atoms with Crippen molar-refractivity contribution in [1.29, 1.82) is 0 Å². The second kappa shape index (κ2) is 4.48. The minimum Gasteiger partial charge on any atom is -0.469 e. The van der Waals surface area contributed by atoms with E-state index >= 15 is 0 Å². The van der Waals surface area contributed by atoms with Gasteiger partial charge in [0.15, 0.2) is 0 Å². The Morgan fingerprint density at radius 1 is 1.42 bits per heavy atom. The Kier molecular flexibility index (Phi) is 3.57. The van der Waals surface area contributed by atoms with Crippen LogP contribution in [0.2, 0.25) is 0 Å². The molecule has 0 radical (unpaired) electrons. The number of hydrogen-bond acceptors (Lipinski definition) is 2. The van der Waals surface area contributed by atoms with Crippen molar-refractivity contribution in [1.82, 2.24) is 0 Å². The summed E-state index contributed by atoms with van der Waals surface area (Å²) >= 11 is 0. The highest BCUT2D eigenvalue weighted by atomic mass is 16.5. The van der Waals surface area contributed by atoms with Crippen LogP contribution >= 0.6 is 0 Å². The highest BCUT2D eigenvalue weighted by molar-refractivity contribution is 5.68. The van der Waals surface area contributed by atoms with E-state index in [-0.39, 0.29) is 5.97 Å². The molecule has 0 heterocycles. The number of carbonyl (C=O) groups is 1. The number of esters is 1. The van der Waals surface area contributed by atoms with E-state index in [1.54, 1.807) is 26.2 Å². The SMILES string of the molecule is C1CC2CC2C1.CCC(=O)OC. The summed E-state index contributed by atoms with van der Waals surface area (Å²) in [4.78, 5) is 9.96. The van der Waals surface area contributed by atoms with Crippen LogP contribution < -0.4 is 0 Å². The first kappa shape index (κ1) is 9.56. The maximum absolute atomic E-state index is 9.96. The monoisotopic (exact) mass is 170 g/mol. The summed E-state index contributed by atoms with van der Waals surface area (Å²) in [5, 5.41) is 0. The first-order valence-electron chi connectivity index (χ1n) is 4.84. The Morgan fingerprint density at radius 2 is 2.00 bits per heavy atom. The molecule has 2 aliphatic carbocycles. The smallest absolute Gasteiger partial charge is 0.305 e. The van der Waals surface area contributed by atoms with E-state index in [9.17, 15) is 4.79 Å². The lowest BCUT2D eigenvalue weighted by molar-refractivity contribution is -0.140. The molecule has 0 bridgehead atoms. The van der Waals surface area contributed by atoms with Crippen molar-refractivity contribution >= 4 is 5.97 Å². The fraction of sp³-hybridized carbons (Fsp3) is 0.900. The molecule has 2 heteroatoms. The van der Waals surface area contributed by atoms with E-state index in [2.05, 4.69) is 4.74 Å². The van der Waals surface area contributed by atoms with Gasteiger partial charge in [0.2, 0.25) is 0 Å². The fourth-order valence-corrected chi connectivity index (χ4v) is 1.80. The zero-order chi connectivity index (χ0) is 8.97. The van der Waals surface area contributed by atoms with Crippen molar-refractivity contribution < 1.29 is 9.53 Å². The predicted molar refractivity (Wildman–Crippen MR) is 47.8 cm³/mol. The molecule has 12 heavy (non-hydrogen) atoms. The lowest BCUT2D eigenvalue weighted by Crippen LogP contribution is -1.94. The molecule has 0 amide bonds. The average molecular weight is 170 g/mol. The van der Waals surface area contributed by atoms with Gasteiger partial charge < -0.3 is 4.74 Å². The molecule has 2 fully saturated rings. The Morgan fingerprint density at radius 3 is 2.08 bits per heavy atom. The van der Waals surface area contributed by atoms with Crippen molar-refractivity contribution in [3.63, 3.8) is 0 Å². The van der Waals surface area contributed by atoms with Gasteiger partial charge in [-0.2, -0.15) is 0 Å². The summed E-state index contributed by atoms with van der Waals surface area (Å²) in [6.45, 7) is 1.76. The van der Waals surface area contributed by atoms with Crippen LogP contribution in [0.5, 0.6) is 0 Å². The van der Waals surface area contributed by atoms with Crippen LogP contribution in [0.4, 0.5) is 0 Å². The molecule has 2 nitrogen and oxygen atoms in total. The van der Waals surface area contributed by atoms with Crippen LogP contribution in [0.1, 0.15) is 39.0 Å². The third-order valence-electron chi connectivity index (χ3n) is 2.74. The summed E-state index contributed by atoms with van der Waals surface area (Å²) in [6.07, 6.45) is 6.71. The van der Waals surface area contributed by atoms with Gasteiger partial charge in [0.1, 0.15) is 0 Å². The normalized spacial score (nSPS) is 29.8. The average Bonchev–Trinajstić information content (AvgIpc) is 2.74. The molecule has 70 valence electrons. The molecule has 0 spiro atoms. The van der Waals surface area contributed by atoms with Crippen molar-refractivity contribution in [3.8, 4) is 0 Å². The highest BCUT2D eigenvalue weighted by Gasteiger charge is 2.40. The largest absolute Gasteiger partial charge is 0.469 e. The molecule has 0 aliphatic heterocycles. The Labute approximate surface area is 74.3 Å². The van der Waals surface area contributed by atoms with Crippen LogP contribution in [-0.4, -0.2) is 13.1 Å². The van der Waals surface area contributed by atoms with Crippen LogP contribution in [0, 0.1) is 11.8 Å². The van der Waals surface area contributed by atoms with Crippen LogP contribution in [0.3, 0.4) is 0 Å². The fourth-order valence-electron chi connectivity index (χ4n) is 1.80. The van der Waals surface area contributed by atoms with Gasteiger partial charge in [0, 0.05) is 6.42 Å². The number of carbonyl (C=O) groups excluding carboxylic acids is 1. The molecule has 2 rings (SSSR count). The van der Waals surface area contributed by atoms with Crippen molar-refractivity contribution in [2.45, 2.75) is 39.0 Å². The van der Waals surface area contributed by atoms with Crippen molar-refractivity contribution in [3.05, 3.63) is 0 Å². The summed E-state index contributed by atoms with van der Waals surface area (Å²) in [6, 6.07) is 0. The topological polar surface area (TPSA) is 26.3 Å². The Hall–Kier alpha value is -0.530. The van der Waals surface area contributed by atoms with E-state index in [1.165, 1.54) is 25.4 Å². The zero-order valence-corrected chi connectivity index (χ0v) is 8.01. The lowest BCUT2D eigenvalue weighted by atomic mass is 10.3. The molecule has 0 aromatic carbocycles. The van der Waals surface area contributed by atoms with Gasteiger partial charge in [0.05, 0.1) is 7.11 Å². The first-order chi connectivity index (χ1) is 5.77. The quantitative estimate of drug-likeness (QED) is 0.565. The Bertz CT molecular complexity index is 140. The van der Waals surface area contributed by atoms with Gasteiger partial charge in [-0.25, -0.2) is 0 Å². The number of ether oxygens (including phenoxy) is 1. The summed E-state index contributed by atoms with van der Waals surface area (Å²) in [5.74, 6) is 2.27. The third-order valence-corrected chi connectivity index (χ3v) is 2.74. The summed E-state index contributed by atoms with van der Waals surface area (Å²) < 4.78 is 4.26. The molecule has 0 aromatic rings. The predicted octanol–water partition coefficient (Wildman–Crippen LogP) is 2.38. The lowest BCUT2D eigenvalue weighted by Gasteiger charge is -1.87. The van der Waals surface area contributed by atoms with E-state index in [0.717, 1.165) is 0 Å². The van der Waals surface area contributed by atoms with Crippen molar-refractivity contribution in [2.75, 3.05) is 7.11 Å². The third kappa shape index (κ3) is 2.84. The molecule has 0 N–H and O–H groups in total. The van der Waals surface area contributed by atoms with Gasteiger partial charge in [0.25, 0.3) is 0 Å². The highest BCUT2D eigenvalue weighted by Crippen LogP contribution is 2.51. The summed E-state index contributed by atoms with van der Waals surface area (Å²) in [5.41, 5.74) is 0. The number of fused-ring (bicyclic) bond motifs is 1. The standard InChI is InChI=1S/C6H10.C4H8O2/c1-2-5-4-6(5)3-1;1-3-4(5)6-2/h5-6H,1-4H2;3H2,1-2H3. The van der Waals surface area contributed by atoms with Gasteiger partial charge >= 0.3 is 5.97 Å². The van der Waals surface area contributed by atoms with Crippen LogP contribution in [0.15, 0.2) is 0 Å². The van der Waals surface area contributed by atoms with Gasteiger partial charge in [-0.3, -0.25) is 4.79 Å².